The number of aryl methyl sites for hydroxylation is 2. The molecule has 2 atom stereocenters. The van der Waals surface area contributed by atoms with E-state index in [1.165, 1.54) is 22.3 Å². The van der Waals surface area contributed by atoms with Crippen molar-refractivity contribution in [3.05, 3.63) is 70.8 Å². The van der Waals surface area contributed by atoms with Crippen LogP contribution in [0.25, 0.3) is 0 Å². The molecule has 2 nitrogen and oxygen atoms in total. The highest BCUT2D eigenvalue weighted by atomic mass is 15.2. The van der Waals surface area contributed by atoms with Gasteiger partial charge in [0.2, 0.25) is 0 Å². The second kappa shape index (κ2) is 7.08. The molecule has 2 aromatic carbocycles. The average Bonchev–Trinajstić information content (AvgIpc) is 2.43. The van der Waals surface area contributed by atoms with Gasteiger partial charge in [-0.15, -0.1) is 0 Å². The maximum Gasteiger partial charge on any atom is 0.0540 e. The first-order chi connectivity index (χ1) is 10.4. The van der Waals surface area contributed by atoms with Gasteiger partial charge in [0.15, 0.2) is 0 Å². The predicted molar refractivity (Wildman–Crippen MR) is 95.2 cm³/mol. The molecule has 0 saturated carbocycles. The first-order valence-electron chi connectivity index (χ1n) is 7.86. The van der Waals surface area contributed by atoms with E-state index >= 15 is 0 Å². The molecular formula is C20H28N2. The van der Waals surface area contributed by atoms with Crippen LogP contribution in [0.15, 0.2) is 48.5 Å². The molecule has 0 saturated heterocycles. The van der Waals surface area contributed by atoms with Gasteiger partial charge >= 0.3 is 0 Å². The summed E-state index contributed by atoms with van der Waals surface area (Å²) >= 11 is 0. The Morgan fingerprint density at radius 2 is 1.00 bits per heavy atom. The van der Waals surface area contributed by atoms with Gasteiger partial charge in [-0.25, -0.2) is 0 Å². The molecule has 2 aromatic rings. The fourth-order valence-electron chi connectivity index (χ4n) is 3.23. The van der Waals surface area contributed by atoms with Gasteiger partial charge in [0.25, 0.3) is 0 Å². The Balaban J connectivity index is 2.51. The van der Waals surface area contributed by atoms with Crippen LogP contribution < -0.4 is 0 Å². The Labute approximate surface area is 135 Å². The van der Waals surface area contributed by atoms with Crippen LogP contribution in [-0.2, 0) is 0 Å². The summed E-state index contributed by atoms with van der Waals surface area (Å²) in [7, 11) is 8.66. The summed E-state index contributed by atoms with van der Waals surface area (Å²) in [6.07, 6.45) is 0. The van der Waals surface area contributed by atoms with Crippen molar-refractivity contribution in [2.24, 2.45) is 0 Å². The van der Waals surface area contributed by atoms with Gasteiger partial charge < -0.3 is 9.80 Å². The van der Waals surface area contributed by atoms with E-state index in [1.807, 2.05) is 0 Å². The molecule has 0 aliphatic carbocycles. The van der Waals surface area contributed by atoms with Gasteiger partial charge in [-0.2, -0.15) is 0 Å². The maximum atomic E-state index is 2.32. The standard InChI is InChI=1S/C20H28N2/c1-15-9-7-11-17(13-15)19(21(3)4)20(22(5)6)18-12-8-10-16(2)14-18/h7-14,19-20H,1-6H3. The van der Waals surface area contributed by atoms with Crippen LogP contribution in [-0.4, -0.2) is 38.0 Å². The lowest BCUT2D eigenvalue weighted by Crippen LogP contribution is -2.34. The first-order valence-corrected chi connectivity index (χ1v) is 7.86. The molecular weight excluding hydrogens is 268 g/mol. The topological polar surface area (TPSA) is 6.48 Å². The average molecular weight is 296 g/mol. The van der Waals surface area contributed by atoms with Crippen molar-refractivity contribution < 1.29 is 0 Å². The third-order valence-electron chi connectivity index (χ3n) is 4.18. The lowest BCUT2D eigenvalue weighted by atomic mass is 9.90. The van der Waals surface area contributed by atoms with Crippen LogP contribution in [0.3, 0.4) is 0 Å². The number of rotatable bonds is 5. The van der Waals surface area contributed by atoms with E-state index in [9.17, 15) is 0 Å². The van der Waals surface area contributed by atoms with Gasteiger partial charge in [0, 0.05) is 0 Å². The van der Waals surface area contributed by atoms with Crippen molar-refractivity contribution in [1.29, 1.82) is 0 Å². The molecule has 118 valence electrons. The first kappa shape index (κ1) is 16.7. The number of nitrogens with zero attached hydrogens (tertiary/aromatic N) is 2. The van der Waals surface area contributed by atoms with Crippen LogP contribution >= 0.6 is 0 Å². The quantitative estimate of drug-likeness (QED) is 0.815. The number of likely N-dealkylation sites (N-methyl/N-ethyl adjacent to an activating group) is 2. The molecule has 0 amide bonds. The van der Waals surface area contributed by atoms with Crippen molar-refractivity contribution >= 4 is 0 Å². The van der Waals surface area contributed by atoms with E-state index in [-0.39, 0.29) is 0 Å². The van der Waals surface area contributed by atoms with Gasteiger partial charge in [-0.1, -0.05) is 59.7 Å². The minimum Gasteiger partial charge on any atom is -0.301 e. The van der Waals surface area contributed by atoms with Crippen molar-refractivity contribution in [3.63, 3.8) is 0 Å². The van der Waals surface area contributed by atoms with E-state index in [4.69, 9.17) is 0 Å². The molecule has 2 heteroatoms. The van der Waals surface area contributed by atoms with Crippen LogP contribution in [0.2, 0.25) is 0 Å². The summed E-state index contributed by atoms with van der Waals surface area (Å²) in [6, 6.07) is 18.4. The van der Waals surface area contributed by atoms with Crippen molar-refractivity contribution in [3.8, 4) is 0 Å². The highest BCUT2D eigenvalue weighted by molar-refractivity contribution is 5.32. The smallest absolute Gasteiger partial charge is 0.0540 e. The maximum absolute atomic E-state index is 2.32. The molecule has 0 radical (unpaired) electrons. The van der Waals surface area contributed by atoms with E-state index in [0.717, 1.165) is 0 Å². The zero-order valence-electron chi connectivity index (χ0n) is 14.7. The zero-order chi connectivity index (χ0) is 16.3. The summed E-state index contributed by atoms with van der Waals surface area (Å²) in [5.41, 5.74) is 5.35. The van der Waals surface area contributed by atoms with E-state index in [1.54, 1.807) is 0 Å². The molecule has 22 heavy (non-hydrogen) atoms. The Bertz CT molecular complexity index is 561. The molecule has 0 fully saturated rings. The fraction of sp³-hybridized carbons (Fsp3) is 0.400. The van der Waals surface area contributed by atoms with E-state index < -0.39 is 0 Å². The third-order valence-corrected chi connectivity index (χ3v) is 4.18. The molecule has 0 aliphatic heterocycles. The summed E-state index contributed by atoms with van der Waals surface area (Å²) in [5, 5.41) is 0. The Kier molecular flexibility index (Phi) is 5.38. The predicted octanol–water partition coefficient (Wildman–Crippen LogP) is 4.21. The second-order valence-electron chi connectivity index (χ2n) is 6.65. The third kappa shape index (κ3) is 3.76. The molecule has 0 N–H and O–H groups in total. The Hall–Kier alpha value is -1.64. The largest absolute Gasteiger partial charge is 0.301 e. The molecule has 0 heterocycles. The molecule has 0 bridgehead atoms. The summed E-state index contributed by atoms with van der Waals surface area (Å²) in [6.45, 7) is 4.32. The summed E-state index contributed by atoms with van der Waals surface area (Å²) in [4.78, 5) is 4.64. The van der Waals surface area contributed by atoms with Crippen molar-refractivity contribution in [2.75, 3.05) is 28.2 Å². The van der Waals surface area contributed by atoms with Gasteiger partial charge in [0.1, 0.15) is 0 Å². The van der Waals surface area contributed by atoms with Crippen molar-refractivity contribution in [1.82, 2.24) is 9.80 Å². The normalized spacial score (nSPS) is 14.4. The fourth-order valence-corrected chi connectivity index (χ4v) is 3.23. The number of hydrogen-bond acceptors (Lipinski definition) is 2. The monoisotopic (exact) mass is 296 g/mol. The number of benzene rings is 2. The van der Waals surface area contributed by atoms with Gasteiger partial charge in [-0.05, 0) is 53.2 Å². The highest BCUT2D eigenvalue weighted by Gasteiger charge is 2.28. The molecule has 2 rings (SSSR count). The lowest BCUT2D eigenvalue weighted by Gasteiger charge is -2.37. The van der Waals surface area contributed by atoms with Crippen LogP contribution in [0, 0.1) is 13.8 Å². The SMILES string of the molecule is Cc1cccc(C(C(c2cccc(C)c2)N(C)C)N(C)C)c1. The second-order valence-corrected chi connectivity index (χ2v) is 6.65. The number of hydrogen-bond donors (Lipinski definition) is 0. The molecule has 2 unspecified atom stereocenters. The van der Waals surface area contributed by atoms with E-state index in [0.29, 0.717) is 12.1 Å². The summed E-state index contributed by atoms with van der Waals surface area (Å²) < 4.78 is 0. The highest BCUT2D eigenvalue weighted by Crippen LogP contribution is 2.36. The Morgan fingerprint density at radius 3 is 1.27 bits per heavy atom. The van der Waals surface area contributed by atoms with Crippen LogP contribution in [0.4, 0.5) is 0 Å². The van der Waals surface area contributed by atoms with Crippen LogP contribution in [0.5, 0.6) is 0 Å². The van der Waals surface area contributed by atoms with E-state index in [2.05, 4.69) is 100 Å². The zero-order valence-corrected chi connectivity index (χ0v) is 14.7. The van der Waals surface area contributed by atoms with Gasteiger partial charge in [0.05, 0.1) is 12.1 Å². The van der Waals surface area contributed by atoms with Crippen LogP contribution in [0.1, 0.15) is 34.3 Å². The lowest BCUT2D eigenvalue weighted by molar-refractivity contribution is 0.152. The minimum absolute atomic E-state index is 0.316. The molecule has 0 aliphatic rings. The molecule has 0 spiro atoms. The van der Waals surface area contributed by atoms with Gasteiger partial charge in [-0.3, -0.25) is 0 Å². The Morgan fingerprint density at radius 1 is 0.636 bits per heavy atom. The summed E-state index contributed by atoms with van der Waals surface area (Å²) in [5.74, 6) is 0. The van der Waals surface area contributed by atoms with Crippen molar-refractivity contribution in [2.45, 2.75) is 25.9 Å². The minimum atomic E-state index is 0.316. The molecule has 0 aromatic heterocycles.